The van der Waals surface area contributed by atoms with Crippen molar-refractivity contribution >= 4 is 5.78 Å². The Labute approximate surface area is 149 Å². The summed E-state index contributed by atoms with van der Waals surface area (Å²) in [5.41, 5.74) is -1.82. The Morgan fingerprint density at radius 3 is 2.56 bits per heavy atom. The number of fused-ring (bicyclic) bond motifs is 5. The summed E-state index contributed by atoms with van der Waals surface area (Å²) in [5.74, 6) is 0.351. The summed E-state index contributed by atoms with van der Waals surface area (Å²) in [6.45, 7) is 6.16. The molecule has 3 saturated carbocycles. The summed E-state index contributed by atoms with van der Waals surface area (Å²) in [4.78, 5) is 11.9. The van der Waals surface area contributed by atoms with E-state index in [0.717, 1.165) is 24.8 Å². The molecule has 0 unspecified atom stereocenters. The first-order valence-electron chi connectivity index (χ1n) is 9.72. The van der Waals surface area contributed by atoms with Crippen LogP contribution in [0.3, 0.4) is 0 Å². The van der Waals surface area contributed by atoms with Crippen molar-refractivity contribution in [1.29, 1.82) is 5.26 Å². The normalized spacial score (nSPS) is 54.8. The molecule has 4 nitrogen and oxygen atoms in total. The van der Waals surface area contributed by atoms with Gasteiger partial charge in [-0.1, -0.05) is 26.3 Å². The number of hydrogen-bond donors (Lipinski definition) is 2. The van der Waals surface area contributed by atoms with Crippen LogP contribution in [0.25, 0.3) is 0 Å². The van der Waals surface area contributed by atoms with E-state index >= 15 is 0 Å². The van der Waals surface area contributed by atoms with Gasteiger partial charge in [-0.3, -0.25) is 4.79 Å². The van der Waals surface area contributed by atoms with Crippen molar-refractivity contribution in [2.45, 2.75) is 76.9 Å². The van der Waals surface area contributed by atoms with Gasteiger partial charge < -0.3 is 10.2 Å². The predicted molar refractivity (Wildman–Crippen MR) is 93.3 cm³/mol. The van der Waals surface area contributed by atoms with Crippen LogP contribution in [0.5, 0.6) is 0 Å². The van der Waals surface area contributed by atoms with Crippen LogP contribution >= 0.6 is 0 Å². The van der Waals surface area contributed by atoms with E-state index in [1.54, 1.807) is 6.08 Å². The van der Waals surface area contributed by atoms with Gasteiger partial charge in [-0.25, -0.2) is 0 Å². The highest BCUT2D eigenvalue weighted by Gasteiger charge is 2.71. The molecule has 0 aromatic rings. The van der Waals surface area contributed by atoms with Gasteiger partial charge in [0.15, 0.2) is 11.4 Å². The number of ketones is 1. The summed E-state index contributed by atoms with van der Waals surface area (Å²) >= 11 is 0. The van der Waals surface area contributed by atoms with Crippen molar-refractivity contribution in [3.05, 3.63) is 11.6 Å². The molecule has 4 aliphatic rings. The lowest BCUT2D eigenvalue weighted by atomic mass is 9.44. The molecule has 0 spiro atoms. The average Bonchev–Trinajstić information content (AvgIpc) is 2.78. The summed E-state index contributed by atoms with van der Waals surface area (Å²) in [6.07, 6.45) is 6.76. The number of nitrogens with zero attached hydrogens (tertiary/aromatic N) is 1. The van der Waals surface area contributed by atoms with Gasteiger partial charge in [-0.05, 0) is 62.4 Å². The fourth-order valence-electron chi connectivity index (χ4n) is 7.09. The Balaban J connectivity index is 1.79. The second-order valence-corrected chi connectivity index (χ2v) is 9.58. The van der Waals surface area contributed by atoms with Crippen molar-refractivity contribution in [3.8, 4) is 6.07 Å². The second kappa shape index (κ2) is 4.96. The molecule has 136 valence electrons. The topological polar surface area (TPSA) is 81.3 Å². The minimum Gasteiger partial charge on any atom is -0.389 e. The molecular formula is C21H29NO3. The molecule has 0 radical (unpaired) electrons. The third-order valence-electron chi connectivity index (χ3n) is 8.90. The Hall–Kier alpha value is -1.18. The molecular weight excluding hydrogens is 314 g/mol. The van der Waals surface area contributed by atoms with Crippen LogP contribution in [0.1, 0.15) is 65.7 Å². The highest BCUT2D eigenvalue weighted by atomic mass is 16.3. The fourth-order valence-corrected chi connectivity index (χ4v) is 7.09. The van der Waals surface area contributed by atoms with Crippen molar-refractivity contribution in [2.24, 2.45) is 28.6 Å². The SMILES string of the molecule is C[C@H]1C[C@H]2[C@@H]3CCC4=CC(=O)CC[C@]4(C)[C@@]3(O)CC[C@]2(C)[C@@]1(O)C#N. The number of carbonyl (C=O) groups excluding carboxylic acids is 1. The lowest BCUT2D eigenvalue weighted by Crippen LogP contribution is -2.64. The molecule has 0 aromatic heterocycles. The van der Waals surface area contributed by atoms with E-state index in [1.165, 1.54) is 0 Å². The van der Waals surface area contributed by atoms with E-state index in [-0.39, 0.29) is 29.0 Å². The first kappa shape index (κ1) is 17.2. The maximum atomic E-state index is 11.9. The molecule has 0 saturated heterocycles. The molecule has 4 rings (SSSR count). The molecule has 4 heteroatoms. The molecule has 0 amide bonds. The minimum atomic E-state index is -1.31. The fraction of sp³-hybridized carbons (Fsp3) is 0.810. The van der Waals surface area contributed by atoms with Gasteiger partial charge >= 0.3 is 0 Å². The molecule has 0 aliphatic heterocycles. The average molecular weight is 343 g/mol. The molecule has 3 fully saturated rings. The summed E-state index contributed by atoms with van der Waals surface area (Å²) < 4.78 is 0. The van der Waals surface area contributed by atoms with E-state index in [1.807, 2.05) is 6.92 Å². The van der Waals surface area contributed by atoms with Crippen LogP contribution in [0.15, 0.2) is 11.6 Å². The maximum Gasteiger partial charge on any atom is 0.159 e. The first-order chi connectivity index (χ1) is 11.6. The number of nitriles is 1. The zero-order valence-electron chi connectivity index (χ0n) is 15.5. The van der Waals surface area contributed by atoms with Crippen molar-refractivity contribution in [3.63, 3.8) is 0 Å². The standard InChI is InChI=1S/C21H29NO3/c1-13-10-17-16-5-4-14-11-15(23)6-7-18(14,2)20(16,24)9-8-19(17,3)21(13,25)12-22/h11,13,16-17,24-25H,4-10H2,1-3H3/t13-,16-,17-,18-,19-,20+,21+/m0/s1. The lowest BCUT2D eigenvalue weighted by molar-refractivity contribution is -0.203. The van der Waals surface area contributed by atoms with E-state index in [0.29, 0.717) is 25.7 Å². The Bertz CT molecular complexity index is 708. The molecule has 2 N–H and O–H groups in total. The molecule has 4 aliphatic carbocycles. The van der Waals surface area contributed by atoms with E-state index < -0.39 is 16.6 Å². The van der Waals surface area contributed by atoms with Gasteiger partial charge in [-0.15, -0.1) is 0 Å². The van der Waals surface area contributed by atoms with E-state index in [2.05, 4.69) is 19.9 Å². The highest BCUT2D eigenvalue weighted by molar-refractivity contribution is 5.91. The van der Waals surface area contributed by atoms with Crippen LogP contribution in [-0.2, 0) is 4.79 Å². The first-order valence-corrected chi connectivity index (χ1v) is 9.72. The Morgan fingerprint density at radius 1 is 1.16 bits per heavy atom. The monoisotopic (exact) mass is 343 g/mol. The van der Waals surface area contributed by atoms with Crippen LogP contribution in [0, 0.1) is 39.9 Å². The molecule has 7 atom stereocenters. The molecule has 0 aromatic carbocycles. The zero-order chi connectivity index (χ0) is 18.3. The number of rotatable bonds is 0. The summed E-state index contributed by atoms with van der Waals surface area (Å²) in [7, 11) is 0. The third-order valence-corrected chi connectivity index (χ3v) is 8.90. The second-order valence-electron chi connectivity index (χ2n) is 9.58. The van der Waals surface area contributed by atoms with Gasteiger partial charge in [-0.2, -0.15) is 5.26 Å². The Morgan fingerprint density at radius 2 is 1.88 bits per heavy atom. The van der Waals surface area contributed by atoms with Crippen molar-refractivity contribution in [1.82, 2.24) is 0 Å². The van der Waals surface area contributed by atoms with Gasteiger partial charge in [0.2, 0.25) is 0 Å². The number of hydrogen-bond acceptors (Lipinski definition) is 4. The van der Waals surface area contributed by atoms with Gasteiger partial charge in [0.05, 0.1) is 11.7 Å². The van der Waals surface area contributed by atoms with E-state index in [9.17, 15) is 20.3 Å². The van der Waals surface area contributed by atoms with Gasteiger partial charge in [0.1, 0.15) is 0 Å². The quantitative estimate of drug-likeness (QED) is 0.662. The third kappa shape index (κ3) is 1.82. The summed E-state index contributed by atoms with van der Waals surface area (Å²) in [5, 5.41) is 32.8. The highest BCUT2D eigenvalue weighted by Crippen LogP contribution is 2.69. The zero-order valence-corrected chi connectivity index (χ0v) is 15.5. The molecule has 0 heterocycles. The van der Waals surface area contributed by atoms with Crippen LogP contribution in [0.4, 0.5) is 0 Å². The van der Waals surface area contributed by atoms with Gasteiger partial charge in [0, 0.05) is 17.3 Å². The van der Waals surface area contributed by atoms with Crippen LogP contribution in [-0.4, -0.2) is 27.2 Å². The minimum absolute atomic E-state index is 0.0764. The van der Waals surface area contributed by atoms with Crippen molar-refractivity contribution < 1.29 is 15.0 Å². The van der Waals surface area contributed by atoms with Gasteiger partial charge in [0.25, 0.3) is 0 Å². The van der Waals surface area contributed by atoms with Crippen LogP contribution < -0.4 is 0 Å². The Kier molecular flexibility index (Phi) is 3.42. The molecule has 25 heavy (non-hydrogen) atoms. The lowest BCUT2D eigenvalue weighted by Gasteiger charge is -2.63. The van der Waals surface area contributed by atoms with Crippen LogP contribution in [0.2, 0.25) is 0 Å². The largest absolute Gasteiger partial charge is 0.389 e. The maximum absolute atomic E-state index is 11.9. The predicted octanol–water partition coefficient (Wildman–Crippen LogP) is 3.13. The van der Waals surface area contributed by atoms with Crippen molar-refractivity contribution in [2.75, 3.05) is 0 Å². The number of aliphatic hydroxyl groups is 2. The summed E-state index contributed by atoms with van der Waals surface area (Å²) in [6, 6.07) is 2.23. The number of carbonyl (C=O) groups is 1. The van der Waals surface area contributed by atoms with E-state index in [4.69, 9.17) is 0 Å². The smallest absolute Gasteiger partial charge is 0.159 e. The molecule has 0 bridgehead atoms.